The number of nitrogens with one attached hydrogen (secondary N) is 1. The van der Waals surface area contributed by atoms with Gasteiger partial charge in [0.15, 0.2) is 5.78 Å². The van der Waals surface area contributed by atoms with Crippen LogP contribution in [0.5, 0.6) is 0 Å². The average molecular weight is 371 g/mol. The zero-order chi connectivity index (χ0) is 19.5. The molecule has 0 saturated carbocycles. The van der Waals surface area contributed by atoms with Crippen molar-refractivity contribution in [3.05, 3.63) is 89.5 Å². The van der Waals surface area contributed by atoms with Gasteiger partial charge < -0.3 is 9.88 Å². The molecule has 140 valence electrons. The minimum absolute atomic E-state index is 0.0361. The van der Waals surface area contributed by atoms with Gasteiger partial charge in [0.1, 0.15) is 0 Å². The molecule has 0 aliphatic heterocycles. The van der Waals surface area contributed by atoms with E-state index in [2.05, 4.69) is 22.4 Å². The third-order valence-electron chi connectivity index (χ3n) is 5.06. The fourth-order valence-electron chi connectivity index (χ4n) is 3.66. The summed E-state index contributed by atoms with van der Waals surface area (Å²) in [4.78, 5) is 28.5. The van der Waals surface area contributed by atoms with Crippen molar-refractivity contribution in [3.63, 3.8) is 0 Å². The van der Waals surface area contributed by atoms with Crippen LogP contribution >= 0.6 is 0 Å². The number of aromatic nitrogens is 2. The zero-order valence-corrected chi connectivity index (χ0v) is 15.6. The van der Waals surface area contributed by atoms with Crippen molar-refractivity contribution >= 4 is 17.8 Å². The Morgan fingerprint density at radius 3 is 2.86 bits per heavy atom. The molecule has 1 atom stereocenters. The molecule has 5 heteroatoms. The number of hydrogen-bond acceptors (Lipinski definition) is 3. The van der Waals surface area contributed by atoms with E-state index in [0.717, 1.165) is 24.1 Å². The van der Waals surface area contributed by atoms with Crippen LogP contribution in [0.15, 0.2) is 67.3 Å². The molecule has 1 aromatic heterocycles. The Bertz CT molecular complexity index is 1050. The molecule has 4 rings (SSSR count). The van der Waals surface area contributed by atoms with E-state index in [0.29, 0.717) is 5.56 Å². The lowest BCUT2D eigenvalue weighted by molar-refractivity contribution is -0.117. The third-order valence-corrected chi connectivity index (χ3v) is 5.06. The van der Waals surface area contributed by atoms with Gasteiger partial charge in [-0.3, -0.25) is 9.59 Å². The molecule has 1 N–H and O–H groups in total. The maximum Gasteiger partial charge on any atom is 0.244 e. The number of carbonyl (C=O) groups excluding carboxylic acids is 2. The fraction of sp³-hybridized carbons (Fsp3) is 0.174. The predicted molar refractivity (Wildman–Crippen MR) is 108 cm³/mol. The molecule has 5 nitrogen and oxygen atoms in total. The Labute approximate surface area is 163 Å². The molecule has 0 bridgehead atoms. The zero-order valence-electron chi connectivity index (χ0n) is 15.6. The van der Waals surface area contributed by atoms with Gasteiger partial charge in [0.05, 0.1) is 18.1 Å². The van der Waals surface area contributed by atoms with Gasteiger partial charge >= 0.3 is 0 Å². The van der Waals surface area contributed by atoms with Gasteiger partial charge in [-0.2, -0.15) is 0 Å². The lowest BCUT2D eigenvalue weighted by Gasteiger charge is -2.12. The summed E-state index contributed by atoms with van der Waals surface area (Å²) in [6.07, 6.45) is 10.3. The number of Topliss-reactive ketones (excluding diaryl/α,β-unsaturated/α-hetero) is 1. The summed E-state index contributed by atoms with van der Waals surface area (Å²) in [5.74, 6) is -0.171. The molecule has 1 amide bonds. The summed E-state index contributed by atoms with van der Waals surface area (Å²) in [6.45, 7) is 1.54. The highest BCUT2D eigenvalue weighted by molar-refractivity contribution is 5.99. The van der Waals surface area contributed by atoms with E-state index in [1.807, 2.05) is 24.3 Å². The van der Waals surface area contributed by atoms with Crippen LogP contribution in [0.4, 0.5) is 0 Å². The quantitative estimate of drug-likeness (QED) is 0.547. The van der Waals surface area contributed by atoms with E-state index in [1.165, 1.54) is 24.1 Å². The lowest BCUT2D eigenvalue weighted by atomic mass is 10.0. The Kier molecular flexibility index (Phi) is 4.89. The van der Waals surface area contributed by atoms with Crippen LogP contribution in [-0.2, 0) is 11.2 Å². The number of imidazole rings is 1. The molecule has 0 radical (unpaired) electrons. The molecule has 2 aromatic carbocycles. The first-order valence-electron chi connectivity index (χ1n) is 9.31. The molecule has 1 unspecified atom stereocenters. The number of ketones is 1. The number of aryl methyl sites for hydroxylation is 1. The van der Waals surface area contributed by atoms with Crippen LogP contribution < -0.4 is 5.32 Å². The molecule has 1 aliphatic carbocycles. The van der Waals surface area contributed by atoms with Gasteiger partial charge in [0.2, 0.25) is 5.91 Å². The van der Waals surface area contributed by atoms with Crippen molar-refractivity contribution < 1.29 is 9.59 Å². The molecule has 0 saturated heterocycles. The summed E-state index contributed by atoms with van der Waals surface area (Å²) in [7, 11) is 0. The molecular formula is C23H21N3O2. The number of rotatable bonds is 5. The monoisotopic (exact) mass is 371 g/mol. The van der Waals surface area contributed by atoms with Gasteiger partial charge in [0.25, 0.3) is 0 Å². The number of benzene rings is 2. The third kappa shape index (κ3) is 3.64. The molecule has 0 spiro atoms. The fourth-order valence-corrected chi connectivity index (χ4v) is 3.66. The summed E-state index contributed by atoms with van der Waals surface area (Å²) < 4.78 is 1.80. The van der Waals surface area contributed by atoms with Crippen LogP contribution in [0.2, 0.25) is 0 Å². The van der Waals surface area contributed by atoms with E-state index in [9.17, 15) is 9.59 Å². The average Bonchev–Trinajstić information content (AvgIpc) is 3.37. The van der Waals surface area contributed by atoms with Crippen molar-refractivity contribution in [1.82, 2.24) is 14.9 Å². The summed E-state index contributed by atoms with van der Waals surface area (Å²) >= 11 is 0. The number of hydrogen-bond donors (Lipinski definition) is 1. The normalized spacial score (nSPS) is 15.5. The van der Waals surface area contributed by atoms with Crippen molar-refractivity contribution in [3.8, 4) is 5.69 Å². The van der Waals surface area contributed by atoms with Crippen molar-refractivity contribution in [2.75, 3.05) is 0 Å². The molecule has 0 fully saturated rings. The highest BCUT2D eigenvalue weighted by Crippen LogP contribution is 2.30. The predicted octanol–water partition coefficient (Wildman–Crippen LogP) is 3.89. The lowest BCUT2D eigenvalue weighted by Crippen LogP contribution is -2.25. The van der Waals surface area contributed by atoms with E-state index in [1.54, 1.807) is 35.4 Å². The summed E-state index contributed by atoms with van der Waals surface area (Å²) in [6, 6.07) is 13.8. The van der Waals surface area contributed by atoms with E-state index >= 15 is 0 Å². The van der Waals surface area contributed by atoms with E-state index < -0.39 is 0 Å². The number of amides is 1. The maximum atomic E-state index is 12.4. The first-order chi connectivity index (χ1) is 13.6. The van der Waals surface area contributed by atoms with E-state index in [4.69, 9.17) is 0 Å². The molecule has 1 aliphatic rings. The number of carbonyl (C=O) groups is 2. The topological polar surface area (TPSA) is 64.0 Å². The minimum Gasteiger partial charge on any atom is -0.346 e. The van der Waals surface area contributed by atoms with Crippen LogP contribution in [-0.4, -0.2) is 21.2 Å². The molecule has 1 heterocycles. The summed E-state index contributed by atoms with van der Waals surface area (Å²) in [5.41, 5.74) is 4.67. The highest BCUT2D eigenvalue weighted by atomic mass is 16.1. The smallest absolute Gasteiger partial charge is 0.244 e. The van der Waals surface area contributed by atoms with Crippen LogP contribution in [0.25, 0.3) is 11.8 Å². The Hall–Kier alpha value is -3.47. The Morgan fingerprint density at radius 1 is 1.21 bits per heavy atom. The Morgan fingerprint density at radius 2 is 2.07 bits per heavy atom. The highest BCUT2D eigenvalue weighted by Gasteiger charge is 2.22. The molecule has 28 heavy (non-hydrogen) atoms. The first kappa shape index (κ1) is 17.9. The van der Waals surface area contributed by atoms with E-state index in [-0.39, 0.29) is 17.7 Å². The standard InChI is InChI=1S/C23H21N3O2/c1-16(27)20-14-17(6-10-22(20)26-13-12-24-15-26)7-11-23(28)25-21-9-8-18-4-2-3-5-19(18)21/h2-7,10-15,21H,8-9H2,1H3,(H,25,28)/b11-7+. The maximum absolute atomic E-state index is 12.4. The largest absolute Gasteiger partial charge is 0.346 e. The number of nitrogens with zero attached hydrogens (tertiary/aromatic N) is 2. The van der Waals surface area contributed by atoms with Crippen molar-refractivity contribution in [1.29, 1.82) is 0 Å². The molecular weight excluding hydrogens is 350 g/mol. The molecule has 3 aromatic rings. The van der Waals surface area contributed by atoms with Crippen molar-refractivity contribution in [2.45, 2.75) is 25.8 Å². The first-order valence-corrected chi connectivity index (χ1v) is 9.31. The second-order valence-corrected chi connectivity index (χ2v) is 6.93. The number of fused-ring (bicyclic) bond motifs is 1. The minimum atomic E-state index is -0.134. The van der Waals surface area contributed by atoms with Gasteiger partial charge in [-0.1, -0.05) is 30.3 Å². The second-order valence-electron chi connectivity index (χ2n) is 6.93. The Balaban J connectivity index is 1.49. The van der Waals surface area contributed by atoms with Gasteiger partial charge in [0, 0.05) is 24.0 Å². The van der Waals surface area contributed by atoms with Gasteiger partial charge in [-0.25, -0.2) is 4.98 Å². The summed E-state index contributed by atoms with van der Waals surface area (Å²) in [5, 5.41) is 3.07. The van der Waals surface area contributed by atoms with Crippen molar-refractivity contribution in [2.24, 2.45) is 0 Å². The van der Waals surface area contributed by atoms with Gasteiger partial charge in [-0.15, -0.1) is 0 Å². The van der Waals surface area contributed by atoms with Crippen LogP contribution in [0, 0.1) is 0 Å². The SMILES string of the molecule is CC(=O)c1cc(/C=C/C(=O)NC2CCc3ccccc32)ccc1-n1ccnc1. The van der Waals surface area contributed by atoms with Crippen LogP contribution in [0.3, 0.4) is 0 Å². The van der Waals surface area contributed by atoms with Gasteiger partial charge in [-0.05, 0) is 54.7 Å². The second kappa shape index (κ2) is 7.64. The van der Waals surface area contributed by atoms with Crippen LogP contribution in [0.1, 0.15) is 46.4 Å².